The molecule has 0 aliphatic carbocycles. The second kappa shape index (κ2) is 5.67. The summed E-state index contributed by atoms with van der Waals surface area (Å²) in [5, 5.41) is 0. The van der Waals surface area contributed by atoms with Gasteiger partial charge in [-0.15, -0.1) is 0 Å². The Labute approximate surface area is 108 Å². The molecule has 1 aromatic rings. The van der Waals surface area contributed by atoms with Gasteiger partial charge in [-0.25, -0.2) is 4.79 Å². The molecule has 18 heavy (non-hydrogen) atoms. The van der Waals surface area contributed by atoms with E-state index in [1.165, 1.54) is 4.90 Å². The average molecular weight is 249 g/mol. The van der Waals surface area contributed by atoms with E-state index in [0.717, 1.165) is 0 Å². The van der Waals surface area contributed by atoms with Gasteiger partial charge in [0.2, 0.25) is 0 Å². The average Bonchev–Trinajstić information content (AvgIpc) is 2.29. The number of carbonyl (C=O) groups excluding carboxylic acids is 2. The van der Waals surface area contributed by atoms with Crippen molar-refractivity contribution < 1.29 is 14.3 Å². The second-order valence-electron chi connectivity index (χ2n) is 4.87. The molecule has 0 N–H and O–H groups in total. The summed E-state index contributed by atoms with van der Waals surface area (Å²) in [5.74, 6) is -1.47. The van der Waals surface area contributed by atoms with E-state index < -0.39 is 17.4 Å². The Kier molecular flexibility index (Phi) is 4.48. The molecule has 98 valence electrons. The fourth-order valence-corrected chi connectivity index (χ4v) is 1.67. The summed E-state index contributed by atoms with van der Waals surface area (Å²) in [4.78, 5) is 25.2. The summed E-state index contributed by atoms with van der Waals surface area (Å²) < 4.78 is 4.77. The Hall–Kier alpha value is -1.84. The zero-order chi connectivity index (χ0) is 13.8. The Morgan fingerprint density at radius 3 is 2.17 bits per heavy atom. The third kappa shape index (κ3) is 3.32. The topological polar surface area (TPSA) is 46.6 Å². The van der Waals surface area contributed by atoms with Crippen molar-refractivity contribution in [2.75, 3.05) is 11.5 Å². The van der Waals surface area contributed by atoms with E-state index in [2.05, 4.69) is 0 Å². The van der Waals surface area contributed by atoms with Gasteiger partial charge >= 0.3 is 11.9 Å². The molecule has 0 atom stereocenters. The molecule has 0 saturated carbocycles. The van der Waals surface area contributed by atoms with Crippen LogP contribution in [0, 0.1) is 0 Å². The van der Waals surface area contributed by atoms with Gasteiger partial charge in [-0.05, 0) is 39.8 Å². The van der Waals surface area contributed by atoms with Crippen molar-refractivity contribution in [3.63, 3.8) is 0 Å². The highest BCUT2D eigenvalue weighted by Gasteiger charge is 2.33. The Morgan fingerprint density at radius 1 is 1.17 bits per heavy atom. The number of nitrogens with zero attached hydrogens (tertiary/aromatic N) is 1. The number of anilines is 1. The van der Waals surface area contributed by atoms with Crippen LogP contribution in [0.4, 0.5) is 5.69 Å². The lowest BCUT2D eigenvalue weighted by atomic mass is 10.0. The molecule has 4 nitrogen and oxygen atoms in total. The molecule has 0 fully saturated rings. The molecule has 1 aromatic carbocycles. The van der Waals surface area contributed by atoms with E-state index >= 15 is 0 Å². The van der Waals surface area contributed by atoms with Crippen LogP contribution in [0.5, 0.6) is 0 Å². The molecule has 0 radical (unpaired) electrons. The molecule has 0 unspecified atom stereocenters. The normalized spacial score (nSPS) is 10.9. The van der Waals surface area contributed by atoms with Crippen LogP contribution in [0.2, 0.25) is 0 Å². The maximum Gasteiger partial charge on any atom is 0.397 e. The van der Waals surface area contributed by atoms with E-state index in [0.29, 0.717) is 5.69 Å². The number of hydrogen-bond donors (Lipinski definition) is 0. The first-order valence-electron chi connectivity index (χ1n) is 5.94. The number of hydrogen-bond acceptors (Lipinski definition) is 3. The van der Waals surface area contributed by atoms with E-state index in [1.54, 1.807) is 19.1 Å². The van der Waals surface area contributed by atoms with E-state index in [1.807, 2.05) is 39.0 Å². The van der Waals surface area contributed by atoms with Crippen LogP contribution in [0.15, 0.2) is 30.3 Å². The van der Waals surface area contributed by atoms with Crippen molar-refractivity contribution in [2.24, 2.45) is 0 Å². The van der Waals surface area contributed by atoms with Gasteiger partial charge in [0, 0.05) is 11.2 Å². The van der Waals surface area contributed by atoms with Crippen LogP contribution < -0.4 is 4.90 Å². The van der Waals surface area contributed by atoms with Gasteiger partial charge in [0.15, 0.2) is 0 Å². The zero-order valence-electron chi connectivity index (χ0n) is 11.3. The largest absolute Gasteiger partial charge is 0.459 e. The molecule has 0 spiro atoms. The van der Waals surface area contributed by atoms with Crippen LogP contribution in [0.3, 0.4) is 0 Å². The molecule has 0 aliphatic rings. The number of amides is 1. The SMILES string of the molecule is CCOC(=O)C(=O)N(c1ccccc1)C(C)(C)C. The number of ether oxygens (including phenoxy) is 1. The first kappa shape index (κ1) is 14.2. The second-order valence-corrected chi connectivity index (χ2v) is 4.87. The number of carbonyl (C=O) groups is 2. The lowest BCUT2D eigenvalue weighted by Crippen LogP contribution is -2.49. The molecular weight excluding hydrogens is 230 g/mol. The first-order chi connectivity index (χ1) is 8.38. The van der Waals surface area contributed by atoms with Gasteiger partial charge in [0.05, 0.1) is 6.61 Å². The Bertz CT molecular complexity index is 420. The maximum atomic E-state index is 12.1. The lowest BCUT2D eigenvalue weighted by Gasteiger charge is -2.34. The summed E-state index contributed by atoms with van der Waals surface area (Å²) in [6, 6.07) is 9.10. The van der Waals surface area contributed by atoms with Gasteiger partial charge in [-0.1, -0.05) is 18.2 Å². The highest BCUT2D eigenvalue weighted by atomic mass is 16.5. The smallest absolute Gasteiger partial charge is 0.397 e. The van der Waals surface area contributed by atoms with Gasteiger partial charge in [0.25, 0.3) is 0 Å². The number of rotatable bonds is 2. The Morgan fingerprint density at radius 2 is 1.72 bits per heavy atom. The zero-order valence-corrected chi connectivity index (χ0v) is 11.3. The summed E-state index contributed by atoms with van der Waals surface area (Å²) in [6.45, 7) is 7.48. The van der Waals surface area contributed by atoms with Crippen LogP contribution >= 0.6 is 0 Å². The summed E-state index contributed by atoms with van der Waals surface area (Å²) in [5.41, 5.74) is 0.189. The predicted molar refractivity (Wildman–Crippen MR) is 70.3 cm³/mol. The molecule has 0 heterocycles. The van der Waals surface area contributed by atoms with E-state index in [4.69, 9.17) is 4.74 Å². The molecule has 1 amide bonds. The Balaban J connectivity index is 3.08. The van der Waals surface area contributed by atoms with Crippen molar-refractivity contribution >= 4 is 17.6 Å². The third-order valence-electron chi connectivity index (χ3n) is 2.34. The predicted octanol–water partition coefficient (Wildman–Crippen LogP) is 2.38. The number of para-hydroxylation sites is 1. The number of benzene rings is 1. The molecule has 1 rings (SSSR count). The molecule has 4 heteroatoms. The van der Waals surface area contributed by atoms with Crippen LogP contribution in [-0.2, 0) is 14.3 Å². The van der Waals surface area contributed by atoms with Gasteiger partial charge in [-0.3, -0.25) is 9.69 Å². The van der Waals surface area contributed by atoms with Crippen LogP contribution in [0.25, 0.3) is 0 Å². The van der Waals surface area contributed by atoms with Crippen molar-refractivity contribution in [3.8, 4) is 0 Å². The monoisotopic (exact) mass is 249 g/mol. The summed E-state index contributed by atoms with van der Waals surface area (Å²) in [6.07, 6.45) is 0. The van der Waals surface area contributed by atoms with Crippen molar-refractivity contribution in [3.05, 3.63) is 30.3 Å². The quantitative estimate of drug-likeness (QED) is 0.597. The molecule has 0 aliphatic heterocycles. The fraction of sp³-hybridized carbons (Fsp3) is 0.429. The minimum absolute atomic E-state index is 0.192. The fourth-order valence-electron chi connectivity index (χ4n) is 1.67. The van der Waals surface area contributed by atoms with Gasteiger partial charge < -0.3 is 4.74 Å². The first-order valence-corrected chi connectivity index (χ1v) is 5.94. The summed E-state index contributed by atoms with van der Waals surface area (Å²) in [7, 11) is 0. The van der Waals surface area contributed by atoms with Crippen molar-refractivity contribution in [1.82, 2.24) is 0 Å². The maximum absolute atomic E-state index is 12.1. The minimum atomic E-state index is -0.823. The lowest BCUT2D eigenvalue weighted by molar-refractivity contribution is -0.153. The van der Waals surface area contributed by atoms with Crippen molar-refractivity contribution in [1.29, 1.82) is 0 Å². The van der Waals surface area contributed by atoms with Gasteiger partial charge in [-0.2, -0.15) is 0 Å². The molecular formula is C14H19NO3. The van der Waals surface area contributed by atoms with Crippen LogP contribution in [-0.4, -0.2) is 24.0 Å². The van der Waals surface area contributed by atoms with Crippen LogP contribution in [0.1, 0.15) is 27.7 Å². The molecule has 0 aromatic heterocycles. The summed E-state index contributed by atoms with van der Waals surface area (Å²) >= 11 is 0. The molecule has 0 saturated heterocycles. The standard InChI is InChI=1S/C14H19NO3/c1-5-18-13(17)12(16)15(14(2,3)4)11-9-7-6-8-10-11/h6-10H,5H2,1-4H3. The van der Waals surface area contributed by atoms with Crippen molar-refractivity contribution in [2.45, 2.75) is 33.2 Å². The molecule has 0 bridgehead atoms. The van der Waals surface area contributed by atoms with Gasteiger partial charge in [0.1, 0.15) is 0 Å². The number of esters is 1. The highest BCUT2D eigenvalue weighted by molar-refractivity contribution is 6.38. The van der Waals surface area contributed by atoms with E-state index in [-0.39, 0.29) is 6.61 Å². The minimum Gasteiger partial charge on any atom is -0.459 e. The van der Waals surface area contributed by atoms with E-state index in [9.17, 15) is 9.59 Å². The third-order valence-corrected chi connectivity index (χ3v) is 2.34. The highest BCUT2D eigenvalue weighted by Crippen LogP contribution is 2.23.